The second-order valence-electron chi connectivity index (χ2n) is 6.38. The number of carbonyl (C=O) groups excluding carboxylic acids is 2. The quantitative estimate of drug-likeness (QED) is 0.740. The van der Waals surface area contributed by atoms with Gasteiger partial charge in [-0.15, -0.1) is 11.3 Å². The zero-order chi connectivity index (χ0) is 17.1. The summed E-state index contributed by atoms with van der Waals surface area (Å²) in [6, 6.07) is 0. The van der Waals surface area contributed by atoms with Gasteiger partial charge in [0.25, 0.3) is 5.91 Å². The molecule has 4 N–H and O–H groups in total. The number of thiophene rings is 1. The van der Waals surface area contributed by atoms with E-state index < -0.39 is 11.9 Å². The van der Waals surface area contributed by atoms with Crippen LogP contribution in [0.3, 0.4) is 0 Å². The maximum absolute atomic E-state index is 12.1. The number of nitrogens with two attached hydrogens (primary N) is 1. The molecular formula is C16H22N2O4S. The van der Waals surface area contributed by atoms with E-state index in [4.69, 9.17) is 10.8 Å². The van der Waals surface area contributed by atoms with Crippen LogP contribution in [0.1, 0.15) is 53.9 Å². The molecule has 1 aliphatic rings. The molecule has 0 fully saturated rings. The maximum atomic E-state index is 12.1. The summed E-state index contributed by atoms with van der Waals surface area (Å²) in [5.74, 6) is -1.44. The van der Waals surface area contributed by atoms with Gasteiger partial charge in [0.2, 0.25) is 5.91 Å². The van der Waals surface area contributed by atoms with Crippen molar-refractivity contribution in [2.75, 3.05) is 5.32 Å². The van der Waals surface area contributed by atoms with Crippen LogP contribution in [0, 0.1) is 11.8 Å². The molecule has 0 bridgehead atoms. The number of rotatable bonds is 6. The average Bonchev–Trinajstić information content (AvgIpc) is 2.73. The number of carboxylic acids is 1. The van der Waals surface area contributed by atoms with Crippen LogP contribution >= 0.6 is 11.3 Å². The number of aliphatic carboxylic acids is 1. The van der Waals surface area contributed by atoms with Gasteiger partial charge in [-0.25, -0.2) is 0 Å². The van der Waals surface area contributed by atoms with Gasteiger partial charge in [0.05, 0.1) is 5.56 Å². The Labute approximate surface area is 139 Å². The summed E-state index contributed by atoms with van der Waals surface area (Å²) in [6.45, 7) is 3.88. The minimum atomic E-state index is -0.927. The second-order valence-corrected chi connectivity index (χ2v) is 7.48. The number of anilines is 1. The highest BCUT2D eigenvalue weighted by molar-refractivity contribution is 7.17. The van der Waals surface area contributed by atoms with Gasteiger partial charge in [0, 0.05) is 17.7 Å². The molecule has 6 nitrogen and oxygen atoms in total. The number of amides is 2. The number of hydrogen-bond donors (Lipinski definition) is 3. The summed E-state index contributed by atoms with van der Waals surface area (Å²) in [4.78, 5) is 35.7. The lowest BCUT2D eigenvalue weighted by molar-refractivity contribution is -0.138. The van der Waals surface area contributed by atoms with Crippen molar-refractivity contribution in [1.82, 2.24) is 0 Å². The summed E-state index contributed by atoms with van der Waals surface area (Å²) in [6.07, 6.45) is 2.74. The van der Waals surface area contributed by atoms with Crippen molar-refractivity contribution in [2.24, 2.45) is 17.6 Å². The summed E-state index contributed by atoms with van der Waals surface area (Å²) in [7, 11) is 0. The molecule has 0 saturated carbocycles. The Morgan fingerprint density at radius 3 is 2.70 bits per heavy atom. The molecule has 1 aromatic heterocycles. The van der Waals surface area contributed by atoms with Crippen molar-refractivity contribution in [3.63, 3.8) is 0 Å². The molecule has 7 heteroatoms. The van der Waals surface area contributed by atoms with E-state index in [1.165, 1.54) is 11.3 Å². The smallest absolute Gasteiger partial charge is 0.303 e. The van der Waals surface area contributed by atoms with Crippen molar-refractivity contribution < 1.29 is 19.5 Å². The molecular weight excluding hydrogens is 316 g/mol. The first-order valence-electron chi connectivity index (χ1n) is 7.73. The Balaban J connectivity index is 2.15. The van der Waals surface area contributed by atoms with Crippen molar-refractivity contribution in [2.45, 2.75) is 46.0 Å². The molecule has 1 aromatic rings. The fourth-order valence-electron chi connectivity index (χ4n) is 2.96. The lowest BCUT2D eigenvalue weighted by Gasteiger charge is -2.18. The number of fused-ring (bicyclic) bond motifs is 1. The molecule has 0 aliphatic heterocycles. The molecule has 2 rings (SSSR count). The SMILES string of the molecule is C[C@H](CC(=O)O)CC(=O)Nc1sc2c(c1C(N)=O)CC[C@@H](C)C2. The summed E-state index contributed by atoms with van der Waals surface area (Å²) in [5, 5.41) is 12.0. The van der Waals surface area contributed by atoms with Crippen LogP contribution < -0.4 is 11.1 Å². The van der Waals surface area contributed by atoms with Crippen LogP contribution in [0.4, 0.5) is 5.00 Å². The molecule has 1 aliphatic carbocycles. The van der Waals surface area contributed by atoms with E-state index in [-0.39, 0.29) is 24.7 Å². The number of primary amides is 1. The zero-order valence-electron chi connectivity index (χ0n) is 13.3. The summed E-state index contributed by atoms with van der Waals surface area (Å²) in [5.41, 5.74) is 6.89. The van der Waals surface area contributed by atoms with Gasteiger partial charge in [-0.2, -0.15) is 0 Å². The number of hydrogen-bond acceptors (Lipinski definition) is 4. The van der Waals surface area contributed by atoms with Crippen molar-refractivity contribution in [1.29, 1.82) is 0 Å². The van der Waals surface area contributed by atoms with Crippen LogP contribution in [0.5, 0.6) is 0 Å². The van der Waals surface area contributed by atoms with E-state index in [2.05, 4.69) is 12.2 Å². The van der Waals surface area contributed by atoms with Crippen molar-refractivity contribution in [3.8, 4) is 0 Å². The van der Waals surface area contributed by atoms with Gasteiger partial charge in [-0.3, -0.25) is 14.4 Å². The monoisotopic (exact) mass is 338 g/mol. The molecule has 2 amide bonds. The summed E-state index contributed by atoms with van der Waals surface area (Å²) >= 11 is 1.41. The highest BCUT2D eigenvalue weighted by Crippen LogP contribution is 2.39. The predicted octanol–water partition coefficient (Wildman–Crippen LogP) is 2.41. The van der Waals surface area contributed by atoms with E-state index in [0.717, 1.165) is 29.7 Å². The van der Waals surface area contributed by atoms with Gasteiger partial charge >= 0.3 is 5.97 Å². The van der Waals surface area contributed by atoms with E-state index in [9.17, 15) is 14.4 Å². The molecule has 0 saturated heterocycles. The molecule has 0 aromatic carbocycles. The molecule has 1 heterocycles. The van der Waals surface area contributed by atoms with Gasteiger partial charge in [0.1, 0.15) is 5.00 Å². The molecule has 0 spiro atoms. The first kappa shape index (κ1) is 17.5. The van der Waals surface area contributed by atoms with Crippen molar-refractivity contribution in [3.05, 3.63) is 16.0 Å². The minimum absolute atomic E-state index is 0.0610. The average molecular weight is 338 g/mol. The van der Waals surface area contributed by atoms with Crippen LogP contribution in [0.15, 0.2) is 0 Å². The highest BCUT2D eigenvalue weighted by Gasteiger charge is 2.27. The topological polar surface area (TPSA) is 109 Å². The third-order valence-electron chi connectivity index (χ3n) is 4.07. The van der Waals surface area contributed by atoms with Gasteiger partial charge in [-0.05, 0) is 36.7 Å². The van der Waals surface area contributed by atoms with Crippen LogP contribution in [-0.2, 0) is 22.4 Å². The predicted molar refractivity (Wildman–Crippen MR) is 88.7 cm³/mol. The third-order valence-corrected chi connectivity index (χ3v) is 5.24. The van der Waals surface area contributed by atoms with E-state index >= 15 is 0 Å². The van der Waals surface area contributed by atoms with Crippen LogP contribution in [0.25, 0.3) is 0 Å². The zero-order valence-corrected chi connectivity index (χ0v) is 14.2. The summed E-state index contributed by atoms with van der Waals surface area (Å²) < 4.78 is 0. The van der Waals surface area contributed by atoms with Gasteiger partial charge in [-0.1, -0.05) is 13.8 Å². The molecule has 0 unspecified atom stereocenters. The third kappa shape index (κ3) is 4.31. The largest absolute Gasteiger partial charge is 0.481 e. The maximum Gasteiger partial charge on any atom is 0.303 e. The lowest BCUT2D eigenvalue weighted by atomic mass is 9.88. The van der Waals surface area contributed by atoms with Crippen LogP contribution in [-0.4, -0.2) is 22.9 Å². The standard InChI is InChI=1S/C16H22N2O4S/c1-8-3-4-10-11(5-8)23-16(14(10)15(17)22)18-12(19)6-9(2)7-13(20)21/h8-9H,3-7H2,1-2H3,(H2,17,22)(H,18,19)(H,20,21)/t8-,9+/m1/s1. The number of carboxylic acid groups (broad SMARTS) is 1. The molecule has 0 radical (unpaired) electrons. The second kappa shape index (κ2) is 7.12. The van der Waals surface area contributed by atoms with E-state index in [0.29, 0.717) is 16.5 Å². The van der Waals surface area contributed by atoms with E-state index in [1.807, 2.05) is 0 Å². The molecule has 23 heavy (non-hydrogen) atoms. The lowest BCUT2D eigenvalue weighted by Crippen LogP contribution is -2.20. The molecule has 2 atom stereocenters. The Hall–Kier alpha value is -1.89. The first-order chi connectivity index (χ1) is 10.8. The normalized spacial score (nSPS) is 18.1. The van der Waals surface area contributed by atoms with E-state index in [1.54, 1.807) is 6.92 Å². The van der Waals surface area contributed by atoms with Crippen molar-refractivity contribution >= 4 is 34.1 Å². The fraction of sp³-hybridized carbons (Fsp3) is 0.562. The van der Waals surface area contributed by atoms with Gasteiger partial charge < -0.3 is 16.2 Å². The highest BCUT2D eigenvalue weighted by atomic mass is 32.1. The van der Waals surface area contributed by atoms with Crippen LogP contribution in [0.2, 0.25) is 0 Å². The Kier molecular flexibility index (Phi) is 5.41. The Bertz CT molecular complexity index is 638. The minimum Gasteiger partial charge on any atom is -0.481 e. The first-order valence-corrected chi connectivity index (χ1v) is 8.55. The number of carbonyl (C=O) groups is 3. The molecule has 126 valence electrons. The fourth-order valence-corrected chi connectivity index (χ4v) is 4.40. The number of nitrogens with one attached hydrogen (secondary N) is 1. The Morgan fingerprint density at radius 2 is 2.09 bits per heavy atom. The Morgan fingerprint density at radius 1 is 1.39 bits per heavy atom. The van der Waals surface area contributed by atoms with Gasteiger partial charge in [0.15, 0.2) is 0 Å².